The summed E-state index contributed by atoms with van der Waals surface area (Å²) >= 11 is 0. The van der Waals surface area contributed by atoms with Crippen LogP contribution in [-0.2, 0) is 4.74 Å². The van der Waals surface area contributed by atoms with Gasteiger partial charge in [-0.3, -0.25) is 14.6 Å². The van der Waals surface area contributed by atoms with Crippen molar-refractivity contribution in [2.24, 2.45) is 5.92 Å². The Hall–Kier alpha value is -3.63. The molecule has 5 heterocycles. The number of aromatic nitrogens is 5. The van der Waals surface area contributed by atoms with Gasteiger partial charge < -0.3 is 14.5 Å². The molecule has 0 radical (unpaired) electrons. The van der Waals surface area contributed by atoms with Gasteiger partial charge in [0.1, 0.15) is 11.1 Å². The summed E-state index contributed by atoms with van der Waals surface area (Å²) in [5, 5.41) is 8.72. The fourth-order valence-corrected chi connectivity index (χ4v) is 4.95. The van der Waals surface area contributed by atoms with Gasteiger partial charge in [-0.25, -0.2) is 14.0 Å². The molecule has 0 spiro atoms. The van der Waals surface area contributed by atoms with Gasteiger partial charge in [0.25, 0.3) is 11.5 Å². The van der Waals surface area contributed by atoms with E-state index in [1.165, 1.54) is 15.4 Å². The SMILES string of the molecule is Cc1c(C(=O)N2CCC3C(CCN3C(=O)OC(C)(C)C)C2)cnn1-c1nn2cccc2c(=O)[nH]1. The van der Waals surface area contributed by atoms with Gasteiger partial charge >= 0.3 is 6.09 Å². The van der Waals surface area contributed by atoms with Crippen LogP contribution >= 0.6 is 0 Å². The van der Waals surface area contributed by atoms with E-state index >= 15 is 0 Å². The number of nitrogens with zero attached hydrogens (tertiary/aromatic N) is 6. The molecule has 0 saturated carbocycles. The van der Waals surface area contributed by atoms with E-state index in [0.717, 1.165) is 6.42 Å². The molecule has 0 aromatic carbocycles. The number of likely N-dealkylation sites (tertiary alicyclic amines) is 2. The molecule has 2 aliphatic heterocycles. The van der Waals surface area contributed by atoms with Gasteiger partial charge in [-0.2, -0.15) is 5.10 Å². The predicted octanol–water partition coefficient (Wildman–Crippen LogP) is 1.99. The second-order valence-electron chi connectivity index (χ2n) is 10.0. The number of aromatic amines is 1. The van der Waals surface area contributed by atoms with Crippen LogP contribution in [0.4, 0.5) is 4.79 Å². The van der Waals surface area contributed by atoms with Gasteiger partial charge in [0.05, 0.1) is 17.5 Å². The summed E-state index contributed by atoms with van der Waals surface area (Å²) in [7, 11) is 0. The fourth-order valence-electron chi connectivity index (χ4n) is 4.95. The minimum Gasteiger partial charge on any atom is -0.444 e. The summed E-state index contributed by atoms with van der Waals surface area (Å²) in [4.78, 5) is 44.7. The average Bonchev–Trinajstić information content (AvgIpc) is 3.49. The number of hydrogen-bond donors (Lipinski definition) is 1. The van der Waals surface area contributed by atoms with Crippen LogP contribution in [0.15, 0.2) is 29.3 Å². The Morgan fingerprint density at radius 3 is 2.76 bits per heavy atom. The van der Waals surface area contributed by atoms with Crippen LogP contribution in [0.1, 0.15) is 49.7 Å². The lowest BCUT2D eigenvalue weighted by molar-refractivity contribution is 0.0147. The smallest absolute Gasteiger partial charge is 0.410 e. The highest BCUT2D eigenvalue weighted by atomic mass is 16.6. The van der Waals surface area contributed by atoms with Gasteiger partial charge in [-0.15, -0.1) is 5.10 Å². The molecule has 34 heavy (non-hydrogen) atoms. The molecule has 2 fully saturated rings. The van der Waals surface area contributed by atoms with Crippen molar-refractivity contribution in [3.8, 4) is 5.95 Å². The third kappa shape index (κ3) is 3.84. The van der Waals surface area contributed by atoms with Gasteiger partial charge in [-0.1, -0.05) is 0 Å². The molecule has 2 aliphatic rings. The monoisotopic (exact) mass is 467 g/mol. The number of carbonyl (C=O) groups excluding carboxylic acids is 2. The first-order chi connectivity index (χ1) is 16.1. The molecule has 1 N–H and O–H groups in total. The number of nitrogens with one attached hydrogen (secondary N) is 1. The maximum Gasteiger partial charge on any atom is 0.410 e. The first-order valence-corrected chi connectivity index (χ1v) is 11.5. The molecule has 2 amide bonds. The number of carbonyl (C=O) groups is 2. The molecule has 11 nitrogen and oxygen atoms in total. The van der Waals surface area contributed by atoms with E-state index in [0.29, 0.717) is 42.8 Å². The molecular formula is C23H29N7O4. The Kier molecular flexibility index (Phi) is 5.22. The zero-order valence-corrected chi connectivity index (χ0v) is 19.8. The third-order valence-corrected chi connectivity index (χ3v) is 6.58. The number of amides is 2. The molecule has 2 saturated heterocycles. The lowest BCUT2D eigenvalue weighted by atomic mass is 9.92. The van der Waals surface area contributed by atoms with Crippen LogP contribution in [0.3, 0.4) is 0 Å². The number of ether oxygens (including phenoxy) is 1. The first kappa shape index (κ1) is 22.2. The molecule has 3 aromatic heterocycles. The summed E-state index contributed by atoms with van der Waals surface area (Å²) in [6.07, 6.45) is 4.48. The minimum atomic E-state index is -0.533. The Morgan fingerprint density at radius 1 is 1.21 bits per heavy atom. The molecular weight excluding hydrogens is 438 g/mol. The van der Waals surface area contributed by atoms with Crippen molar-refractivity contribution in [3.05, 3.63) is 46.1 Å². The van der Waals surface area contributed by atoms with Crippen molar-refractivity contribution in [2.45, 2.75) is 52.2 Å². The summed E-state index contributed by atoms with van der Waals surface area (Å²) < 4.78 is 8.52. The van der Waals surface area contributed by atoms with Crippen LogP contribution in [0.25, 0.3) is 11.5 Å². The fraction of sp³-hybridized carbons (Fsp3) is 0.522. The van der Waals surface area contributed by atoms with Gasteiger partial charge in [0.2, 0.25) is 5.95 Å². The Labute approximate surface area is 196 Å². The van der Waals surface area contributed by atoms with Crippen molar-refractivity contribution in [2.75, 3.05) is 19.6 Å². The van der Waals surface area contributed by atoms with Gasteiger partial charge in [0, 0.05) is 31.9 Å². The molecule has 3 aromatic rings. The highest BCUT2D eigenvalue weighted by Crippen LogP contribution is 2.33. The Morgan fingerprint density at radius 2 is 2.00 bits per heavy atom. The maximum absolute atomic E-state index is 13.4. The van der Waals surface area contributed by atoms with E-state index in [9.17, 15) is 14.4 Å². The second-order valence-corrected chi connectivity index (χ2v) is 10.0. The van der Waals surface area contributed by atoms with Crippen LogP contribution in [0.2, 0.25) is 0 Å². The highest BCUT2D eigenvalue weighted by molar-refractivity contribution is 5.95. The summed E-state index contributed by atoms with van der Waals surface area (Å²) in [5.41, 5.74) is 0.689. The topological polar surface area (TPSA) is 118 Å². The van der Waals surface area contributed by atoms with Crippen LogP contribution in [-0.4, -0.2) is 77.5 Å². The summed E-state index contributed by atoms with van der Waals surface area (Å²) in [6.45, 7) is 9.15. The van der Waals surface area contributed by atoms with Gasteiger partial charge in [-0.05, 0) is 58.6 Å². The lowest BCUT2D eigenvalue weighted by Gasteiger charge is -2.38. The molecule has 2 atom stereocenters. The zero-order valence-electron chi connectivity index (χ0n) is 19.8. The predicted molar refractivity (Wildman–Crippen MR) is 123 cm³/mol. The van der Waals surface area contributed by atoms with Crippen molar-refractivity contribution in [3.63, 3.8) is 0 Å². The quantitative estimate of drug-likeness (QED) is 0.616. The van der Waals surface area contributed by atoms with E-state index in [-0.39, 0.29) is 35.5 Å². The Balaban J connectivity index is 1.31. The lowest BCUT2D eigenvalue weighted by Crippen LogP contribution is -2.50. The molecule has 2 unspecified atom stereocenters. The van der Waals surface area contributed by atoms with Gasteiger partial charge in [0.15, 0.2) is 0 Å². The first-order valence-electron chi connectivity index (χ1n) is 11.5. The zero-order chi connectivity index (χ0) is 24.2. The van der Waals surface area contributed by atoms with E-state index in [4.69, 9.17) is 4.74 Å². The van der Waals surface area contributed by atoms with Crippen molar-refractivity contribution >= 4 is 17.5 Å². The summed E-state index contributed by atoms with van der Waals surface area (Å²) in [5.74, 6) is 0.352. The van der Waals surface area contributed by atoms with Crippen molar-refractivity contribution in [1.29, 1.82) is 0 Å². The molecule has 0 aliphatic carbocycles. The molecule has 0 bridgehead atoms. The van der Waals surface area contributed by atoms with E-state index < -0.39 is 5.60 Å². The number of hydrogen-bond acceptors (Lipinski definition) is 6. The van der Waals surface area contributed by atoms with Crippen LogP contribution < -0.4 is 5.56 Å². The number of piperidine rings is 1. The standard InChI is InChI=1S/C23H29N7O4/c1-14-16(12-24-30(14)21-25-19(31)18-6-5-9-29(18)26-21)20(32)27-10-8-17-15(13-27)7-11-28(17)22(33)34-23(2,3)4/h5-6,9,12,15,17H,7-8,10-11,13H2,1-4H3,(H,25,26,31). The highest BCUT2D eigenvalue weighted by Gasteiger charge is 2.43. The average molecular weight is 468 g/mol. The Bertz CT molecular complexity index is 1310. The van der Waals surface area contributed by atoms with E-state index in [1.54, 1.807) is 25.3 Å². The molecule has 180 valence electrons. The minimum absolute atomic E-state index is 0.0882. The van der Waals surface area contributed by atoms with Crippen LogP contribution in [0, 0.1) is 12.8 Å². The number of fused-ring (bicyclic) bond motifs is 2. The largest absolute Gasteiger partial charge is 0.444 e. The molecule has 5 rings (SSSR count). The second kappa shape index (κ2) is 8.00. The van der Waals surface area contributed by atoms with E-state index in [2.05, 4.69) is 15.2 Å². The third-order valence-electron chi connectivity index (χ3n) is 6.58. The van der Waals surface area contributed by atoms with Crippen molar-refractivity contribution < 1.29 is 14.3 Å². The van der Waals surface area contributed by atoms with E-state index in [1.807, 2.05) is 30.6 Å². The normalized spacial score (nSPS) is 20.6. The number of rotatable bonds is 2. The van der Waals surface area contributed by atoms with Crippen LogP contribution in [0.5, 0.6) is 0 Å². The van der Waals surface area contributed by atoms with Crippen molar-refractivity contribution in [1.82, 2.24) is 34.2 Å². The molecule has 11 heteroatoms. The number of H-pyrrole nitrogens is 1. The maximum atomic E-state index is 13.4. The summed E-state index contributed by atoms with van der Waals surface area (Å²) in [6, 6.07) is 3.50.